The van der Waals surface area contributed by atoms with Crippen molar-refractivity contribution in [2.45, 2.75) is 44.7 Å². The van der Waals surface area contributed by atoms with Crippen molar-refractivity contribution in [1.82, 2.24) is 9.88 Å². The minimum Gasteiger partial charge on any atom is -0.512 e. The number of nitrogens with zero attached hydrogens (tertiary/aromatic N) is 1. The minimum atomic E-state index is -0.517. The third-order valence-corrected chi connectivity index (χ3v) is 6.51. The number of aromatic nitrogens is 1. The average molecular weight is 336 g/mol. The first-order valence-corrected chi connectivity index (χ1v) is 8.70. The fourth-order valence-electron chi connectivity index (χ4n) is 5.45. The highest BCUT2D eigenvalue weighted by molar-refractivity contribution is 6.27. The maximum absolute atomic E-state index is 13.0. The number of benzene rings is 1. The van der Waals surface area contributed by atoms with Gasteiger partial charge in [-0.2, -0.15) is 0 Å². The van der Waals surface area contributed by atoms with Crippen molar-refractivity contribution in [1.29, 1.82) is 0 Å². The van der Waals surface area contributed by atoms with Gasteiger partial charge in [0.05, 0.1) is 0 Å². The lowest BCUT2D eigenvalue weighted by molar-refractivity contribution is -0.130. The number of aliphatic hydroxyl groups is 1. The second kappa shape index (κ2) is 4.34. The molecule has 0 spiro atoms. The number of ketones is 1. The maximum Gasteiger partial charge on any atom is 0.262 e. The number of carbonyl (C=O) groups is 2. The molecule has 0 bridgehead atoms. The summed E-state index contributed by atoms with van der Waals surface area (Å²) in [5.41, 5.74) is 2.99. The van der Waals surface area contributed by atoms with Gasteiger partial charge in [-0.3, -0.25) is 9.59 Å². The van der Waals surface area contributed by atoms with E-state index in [-0.39, 0.29) is 34.9 Å². The SMILES string of the molecule is C/C(O)=C1/C(=O)[C@H]2[C@H]3c4c[nH]c5cccc(c45)C[C@@H]3C(C)(C)N2C1=O. The Kier molecular flexibility index (Phi) is 2.56. The normalized spacial score (nSPS) is 31.5. The summed E-state index contributed by atoms with van der Waals surface area (Å²) in [5, 5.41) is 11.1. The Morgan fingerprint density at radius 3 is 2.80 bits per heavy atom. The second-order valence-electron chi connectivity index (χ2n) is 8.02. The predicted octanol–water partition coefficient (Wildman–Crippen LogP) is 2.83. The molecule has 128 valence electrons. The maximum atomic E-state index is 13.0. The first-order chi connectivity index (χ1) is 11.8. The predicted molar refractivity (Wildman–Crippen MR) is 93.3 cm³/mol. The third kappa shape index (κ3) is 1.54. The summed E-state index contributed by atoms with van der Waals surface area (Å²) < 4.78 is 0. The molecule has 1 aliphatic carbocycles. The Morgan fingerprint density at radius 1 is 1.32 bits per heavy atom. The molecule has 2 saturated heterocycles. The van der Waals surface area contributed by atoms with E-state index < -0.39 is 11.6 Å². The molecular formula is C20H20N2O3. The number of hydrogen-bond acceptors (Lipinski definition) is 3. The number of aromatic amines is 1. The summed E-state index contributed by atoms with van der Waals surface area (Å²) in [6.07, 6.45) is 2.85. The van der Waals surface area contributed by atoms with Crippen molar-refractivity contribution < 1.29 is 14.7 Å². The van der Waals surface area contributed by atoms with E-state index >= 15 is 0 Å². The number of aliphatic hydroxyl groups excluding tert-OH is 1. The summed E-state index contributed by atoms with van der Waals surface area (Å²) in [4.78, 5) is 31.0. The van der Waals surface area contributed by atoms with Gasteiger partial charge in [-0.25, -0.2) is 0 Å². The molecule has 0 saturated carbocycles. The van der Waals surface area contributed by atoms with Crippen LogP contribution in [0.2, 0.25) is 0 Å². The number of Topliss-reactive ketones (excluding diaryl/α,β-unsaturated/α-hetero) is 1. The molecule has 3 heterocycles. The Balaban J connectivity index is 1.78. The van der Waals surface area contributed by atoms with Gasteiger partial charge in [0.2, 0.25) is 0 Å². The molecule has 1 aromatic carbocycles. The number of allylic oxidation sites excluding steroid dienone is 1. The minimum absolute atomic E-state index is 0.0352. The van der Waals surface area contributed by atoms with E-state index in [2.05, 4.69) is 11.1 Å². The molecule has 5 rings (SSSR count). The van der Waals surface area contributed by atoms with Crippen LogP contribution in [0.15, 0.2) is 35.7 Å². The van der Waals surface area contributed by atoms with Crippen molar-refractivity contribution in [2.75, 3.05) is 0 Å². The smallest absolute Gasteiger partial charge is 0.262 e. The van der Waals surface area contributed by atoms with Gasteiger partial charge in [-0.15, -0.1) is 0 Å². The largest absolute Gasteiger partial charge is 0.512 e. The van der Waals surface area contributed by atoms with Crippen LogP contribution in [0, 0.1) is 5.92 Å². The molecule has 1 aromatic heterocycles. The van der Waals surface area contributed by atoms with Crippen LogP contribution < -0.4 is 0 Å². The summed E-state index contributed by atoms with van der Waals surface area (Å²) in [6.45, 7) is 5.51. The third-order valence-electron chi connectivity index (χ3n) is 6.51. The lowest BCUT2D eigenvalue weighted by Gasteiger charge is -2.37. The Hall–Kier alpha value is -2.56. The fraction of sp³-hybridized carbons (Fsp3) is 0.400. The molecule has 3 aliphatic rings. The number of carbonyl (C=O) groups excluding carboxylic acids is 2. The number of hydrogen-bond donors (Lipinski definition) is 2. The Morgan fingerprint density at radius 2 is 2.08 bits per heavy atom. The van der Waals surface area contributed by atoms with E-state index in [4.69, 9.17) is 0 Å². The summed E-state index contributed by atoms with van der Waals surface area (Å²) in [7, 11) is 0. The zero-order valence-electron chi connectivity index (χ0n) is 14.5. The molecule has 0 unspecified atom stereocenters. The lowest BCUT2D eigenvalue weighted by atomic mass is 9.69. The molecule has 2 fully saturated rings. The van der Waals surface area contributed by atoms with Crippen LogP contribution in [0.4, 0.5) is 0 Å². The molecule has 5 heteroatoms. The van der Waals surface area contributed by atoms with Crippen LogP contribution in [-0.4, -0.2) is 38.3 Å². The monoisotopic (exact) mass is 336 g/mol. The highest BCUT2D eigenvalue weighted by Crippen LogP contribution is 2.57. The Labute approximate surface area is 145 Å². The lowest BCUT2D eigenvalue weighted by Crippen LogP contribution is -2.46. The highest BCUT2D eigenvalue weighted by Gasteiger charge is 2.64. The summed E-state index contributed by atoms with van der Waals surface area (Å²) >= 11 is 0. The van der Waals surface area contributed by atoms with Crippen molar-refractivity contribution >= 4 is 22.6 Å². The zero-order valence-corrected chi connectivity index (χ0v) is 14.5. The standard InChI is InChI=1S/C20H20N2O3/c1-9(23)14-18(24)17-16-11-8-21-13-6-4-5-10(15(11)13)7-12(16)20(2,3)22(17)19(14)25/h4-6,8,12,16-17,21,23H,7H2,1-3H3/b14-9+/t12-,16-,17+/m0/s1. The van der Waals surface area contributed by atoms with Gasteiger partial charge in [-0.1, -0.05) is 12.1 Å². The van der Waals surface area contributed by atoms with Gasteiger partial charge in [0, 0.05) is 28.6 Å². The van der Waals surface area contributed by atoms with Crippen molar-refractivity contribution in [3.05, 3.63) is 46.9 Å². The van der Waals surface area contributed by atoms with E-state index in [1.54, 1.807) is 4.90 Å². The van der Waals surface area contributed by atoms with Gasteiger partial charge in [-0.05, 0) is 50.3 Å². The van der Waals surface area contributed by atoms with E-state index in [9.17, 15) is 14.7 Å². The molecule has 5 nitrogen and oxygen atoms in total. The molecule has 3 atom stereocenters. The molecule has 2 N–H and O–H groups in total. The average Bonchev–Trinajstić information content (AvgIpc) is 3.14. The van der Waals surface area contributed by atoms with Crippen molar-refractivity contribution in [3.63, 3.8) is 0 Å². The topological polar surface area (TPSA) is 73.4 Å². The molecule has 1 amide bonds. The fourth-order valence-corrected chi connectivity index (χ4v) is 5.45. The summed E-state index contributed by atoms with van der Waals surface area (Å²) in [5.74, 6) is -0.594. The van der Waals surface area contributed by atoms with Gasteiger partial charge < -0.3 is 15.0 Å². The summed E-state index contributed by atoms with van der Waals surface area (Å²) in [6, 6.07) is 5.72. The first kappa shape index (κ1) is 14.8. The first-order valence-electron chi connectivity index (χ1n) is 8.70. The second-order valence-corrected chi connectivity index (χ2v) is 8.02. The van der Waals surface area contributed by atoms with Gasteiger partial charge in [0.1, 0.15) is 17.4 Å². The van der Waals surface area contributed by atoms with Crippen molar-refractivity contribution in [2.24, 2.45) is 5.92 Å². The van der Waals surface area contributed by atoms with Gasteiger partial charge in [0.25, 0.3) is 5.91 Å². The van der Waals surface area contributed by atoms with E-state index in [1.165, 1.54) is 17.9 Å². The van der Waals surface area contributed by atoms with Crippen LogP contribution in [0.25, 0.3) is 10.9 Å². The highest BCUT2D eigenvalue weighted by atomic mass is 16.3. The molecule has 25 heavy (non-hydrogen) atoms. The van der Waals surface area contributed by atoms with Gasteiger partial charge in [0.15, 0.2) is 5.78 Å². The molecule has 0 radical (unpaired) electrons. The van der Waals surface area contributed by atoms with E-state index in [0.29, 0.717) is 0 Å². The van der Waals surface area contributed by atoms with E-state index in [0.717, 1.165) is 17.5 Å². The van der Waals surface area contributed by atoms with Crippen LogP contribution in [0.5, 0.6) is 0 Å². The van der Waals surface area contributed by atoms with Crippen LogP contribution >= 0.6 is 0 Å². The van der Waals surface area contributed by atoms with E-state index in [1.807, 2.05) is 32.2 Å². The van der Waals surface area contributed by atoms with Crippen LogP contribution in [-0.2, 0) is 16.0 Å². The number of fused-ring (bicyclic) bond motifs is 4. The molecule has 2 aromatic rings. The number of nitrogens with one attached hydrogen (secondary N) is 1. The van der Waals surface area contributed by atoms with Crippen molar-refractivity contribution in [3.8, 4) is 0 Å². The van der Waals surface area contributed by atoms with Crippen LogP contribution in [0.1, 0.15) is 37.8 Å². The van der Waals surface area contributed by atoms with Gasteiger partial charge >= 0.3 is 0 Å². The number of amides is 1. The zero-order chi connectivity index (χ0) is 17.7. The molecule has 2 aliphatic heterocycles. The quantitative estimate of drug-likeness (QED) is 0.441. The Bertz CT molecular complexity index is 994. The number of H-pyrrole nitrogens is 1. The number of rotatable bonds is 0. The molecular weight excluding hydrogens is 316 g/mol. The van der Waals surface area contributed by atoms with Crippen LogP contribution in [0.3, 0.4) is 0 Å².